The summed E-state index contributed by atoms with van der Waals surface area (Å²) in [6, 6.07) is 4.17. The normalized spacial score (nSPS) is 16.7. The van der Waals surface area contributed by atoms with Gasteiger partial charge in [-0.15, -0.1) is 0 Å². The van der Waals surface area contributed by atoms with Gasteiger partial charge in [-0.05, 0) is 51.4 Å². The quantitative estimate of drug-likeness (QED) is 0.900. The van der Waals surface area contributed by atoms with Gasteiger partial charge < -0.3 is 15.0 Å². The molecule has 4 heteroatoms. The Balaban J connectivity index is 1.85. The number of hydrogen-bond acceptors (Lipinski definition) is 3. The summed E-state index contributed by atoms with van der Waals surface area (Å²) in [4.78, 5) is 8.10. The van der Waals surface area contributed by atoms with Crippen molar-refractivity contribution < 1.29 is 4.74 Å². The monoisotopic (exact) mass is 273 g/mol. The van der Waals surface area contributed by atoms with Crippen molar-refractivity contribution in [3.05, 3.63) is 23.5 Å². The molecule has 4 nitrogen and oxygen atoms in total. The molecule has 0 bridgehead atoms. The molecule has 2 aromatic rings. The molecule has 0 unspecified atom stereocenters. The maximum absolute atomic E-state index is 6.17. The Morgan fingerprint density at radius 2 is 2.10 bits per heavy atom. The fourth-order valence-electron chi connectivity index (χ4n) is 2.82. The highest BCUT2D eigenvalue weighted by molar-refractivity contribution is 5.81. The predicted octanol–water partition coefficient (Wildman–Crippen LogP) is 2.95. The largest absolute Gasteiger partial charge is 0.490 e. The Hall–Kier alpha value is -1.55. The molecule has 1 saturated heterocycles. The summed E-state index contributed by atoms with van der Waals surface area (Å²) >= 11 is 0. The number of hydrogen-bond donors (Lipinski definition) is 2. The SMILES string of the molecule is CCCc1nc2c(C)c(OC3CCNCC3)ccc2[nH]1. The molecule has 0 spiro atoms. The van der Waals surface area contributed by atoms with Gasteiger partial charge in [0.2, 0.25) is 0 Å². The number of rotatable bonds is 4. The van der Waals surface area contributed by atoms with Gasteiger partial charge in [0.25, 0.3) is 0 Å². The number of fused-ring (bicyclic) bond motifs is 1. The van der Waals surface area contributed by atoms with Crippen molar-refractivity contribution in [1.29, 1.82) is 0 Å². The molecule has 0 atom stereocenters. The predicted molar refractivity (Wildman–Crippen MR) is 81.3 cm³/mol. The van der Waals surface area contributed by atoms with E-state index in [1.165, 1.54) is 0 Å². The van der Waals surface area contributed by atoms with Crippen molar-refractivity contribution >= 4 is 11.0 Å². The number of benzene rings is 1. The van der Waals surface area contributed by atoms with Gasteiger partial charge in [0.1, 0.15) is 17.7 Å². The van der Waals surface area contributed by atoms with Gasteiger partial charge in [-0.1, -0.05) is 6.92 Å². The Labute approximate surface area is 119 Å². The number of H-pyrrole nitrogens is 1. The lowest BCUT2D eigenvalue weighted by Gasteiger charge is -2.24. The summed E-state index contributed by atoms with van der Waals surface area (Å²) in [5.74, 6) is 2.06. The van der Waals surface area contributed by atoms with Crippen molar-refractivity contribution in [2.75, 3.05) is 13.1 Å². The molecular formula is C16H23N3O. The number of piperidine rings is 1. The first-order chi connectivity index (χ1) is 9.78. The van der Waals surface area contributed by atoms with Crippen LogP contribution in [0.1, 0.15) is 37.6 Å². The zero-order valence-corrected chi connectivity index (χ0v) is 12.3. The maximum Gasteiger partial charge on any atom is 0.124 e. The van der Waals surface area contributed by atoms with E-state index >= 15 is 0 Å². The van der Waals surface area contributed by atoms with E-state index in [4.69, 9.17) is 9.72 Å². The third kappa shape index (κ3) is 2.66. The molecule has 0 amide bonds. The number of nitrogens with one attached hydrogen (secondary N) is 2. The van der Waals surface area contributed by atoms with Gasteiger partial charge in [-0.2, -0.15) is 0 Å². The molecule has 1 aromatic carbocycles. The summed E-state index contributed by atoms with van der Waals surface area (Å²) in [5.41, 5.74) is 3.32. The number of ether oxygens (including phenoxy) is 1. The van der Waals surface area contributed by atoms with Crippen LogP contribution in [0.15, 0.2) is 12.1 Å². The highest BCUT2D eigenvalue weighted by Crippen LogP contribution is 2.28. The zero-order chi connectivity index (χ0) is 13.9. The molecule has 1 aliphatic heterocycles. The maximum atomic E-state index is 6.17. The molecular weight excluding hydrogens is 250 g/mol. The van der Waals surface area contributed by atoms with E-state index in [0.29, 0.717) is 6.10 Å². The van der Waals surface area contributed by atoms with Crippen LogP contribution in [0.2, 0.25) is 0 Å². The molecule has 0 radical (unpaired) electrons. The lowest BCUT2D eigenvalue weighted by Crippen LogP contribution is -2.34. The molecule has 20 heavy (non-hydrogen) atoms. The van der Waals surface area contributed by atoms with Crippen LogP contribution in [0.3, 0.4) is 0 Å². The van der Waals surface area contributed by atoms with E-state index in [2.05, 4.69) is 36.3 Å². The summed E-state index contributed by atoms with van der Waals surface area (Å²) in [6.45, 7) is 6.38. The number of aryl methyl sites for hydroxylation is 2. The van der Waals surface area contributed by atoms with Crippen LogP contribution in [0.25, 0.3) is 11.0 Å². The van der Waals surface area contributed by atoms with E-state index in [9.17, 15) is 0 Å². The number of nitrogens with zero attached hydrogens (tertiary/aromatic N) is 1. The van der Waals surface area contributed by atoms with Crippen LogP contribution in [0.4, 0.5) is 0 Å². The highest BCUT2D eigenvalue weighted by atomic mass is 16.5. The van der Waals surface area contributed by atoms with Crippen LogP contribution < -0.4 is 10.1 Å². The fourth-order valence-corrected chi connectivity index (χ4v) is 2.82. The third-order valence-electron chi connectivity index (χ3n) is 3.97. The van der Waals surface area contributed by atoms with Crippen LogP contribution in [0, 0.1) is 6.92 Å². The van der Waals surface area contributed by atoms with Crippen LogP contribution in [-0.2, 0) is 6.42 Å². The first kappa shape index (κ1) is 13.4. The molecule has 2 N–H and O–H groups in total. The van der Waals surface area contributed by atoms with E-state index in [1.54, 1.807) is 0 Å². The lowest BCUT2D eigenvalue weighted by molar-refractivity contribution is 0.161. The highest BCUT2D eigenvalue weighted by Gasteiger charge is 2.17. The van der Waals surface area contributed by atoms with E-state index in [1.807, 2.05) is 0 Å². The van der Waals surface area contributed by atoms with Crippen LogP contribution in [0.5, 0.6) is 5.75 Å². The molecule has 2 heterocycles. The lowest BCUT2D eigenvalue weighted by atomic mass is 10.1. The van der Waals surface area contributed by atoms with Gasteiger partial charge in [0.05, 0.1) is 11.0 Å². The molecule has 3 rings (SSSR count). The van der Waals surface area contributed by atoms with E-state index < -0.39 is 0 Å². The summed E-state index contributed by atoms with van der Waals surface area (Å²) < 4.78 is 6.17. The van der Waals surface area contributed by atoms with E-state index in [-0.39, 0.29) is 0 Å². The summed E-state index contributed by atoms with van der Waals surface area (Å²) in [7, 11) is 0. The van der Waals surface area contributed by atoms with Gasteiger partial charge in [-0.25, -0.2) is 4.98 Å². The Bertz CT molecular complexity index is 585. The zero-order valence-electron chi connectivity index (χ0n) is 12.3. The summed E-state index contributed by atoms with van der Waals surface area (Å²) in [5, 5.41) is 3.36. The van der Waals surface area contributed by atoms with Crippen LogP contribution in [-0.4, -0.2) is 29.2 Å². The Morgan fingerprint density at radius 1 is 1.30 bits per heavy atom. The van der Waals surface area contributed by atoms with Gasteiger partial charge in [0.15, 0.2) is 0 Å². The first-order valence-electron chi connectivity index (χ1n) is 7.63. The smallest absolute Gasteiger partial charge is 0.124 e. The Kier molecular flexibility index (Phi) is 3.92. The molecule has 0 aliphatic carbocycles. The number of aromatic nitrogens is 2. The van der Waals surface area contributed by atoms with Crippen LogP contribution >= 0.6 is 0 Å². The topological polar surface area (TPSA) is 49.9 Å². The second-order valence-electron chi connectivity index (χ2n) is 5.59. The first-order valence-corrected chi connectivity index (χ1v) is 7.63. The van der Waals surface area contributed by atoms with Crippen molar-refractivity contribution in [3.8, 4) is 5.75 Å². The summed E-state index contributed by atoms with van der Waals surface area (Å²) in [6.07, 6.45) is 4.61. The van der Waals surface area contributed by atoms with Gasteiger partial charge >= 0.3 is 0 Å². The molecule has 1 aromatic heterocycles. The van der Waals surface area contributed by atoms with Crippen molar-refractivity contribution in [1.82, 2.24) is 15.3 Å². The third-order valence-corrected chi connectivity index (χ3v) is 3.97. The average Bonchev–Trinajstić information content (AvgIpc) is 2.87. The van der Waals surface area contributed by atoms with Crippen molar-refractivity contribution in [2.24, 2.45) is 0 Å². The second kappa shape index (κ2) is 5.83. The standard InChI is InChI=1S/C16H23N3O/c1-3-4-15-18-13-5-6-14(11(2)16(13)19-15)20-12-7-9-17-10-8-12/h5-6,12,17H,3-4,7-10H2,1-2H3,(H,18,19). The van der Waals surface area contributed by atoms with Crippen molar-refractivity contribution in [2.45, 2.75) is 45.6 Å². The molecule has 0 saturated carbocycles. The number of imidazole rings is 1. The molecule has 108 valence electrons. The molecule has 1 aliphatic rings. The van der Waals surface area contributed by atoms with Gasteiger partial charge in [0, 0.05) is 12.0 Å². The minimum atomic E-state index is 0.335. The minimum absolute atomic E-state index is 0.335. The van der Waals surface area contributed by atoms with Gasteiger partial charge in [-0.3, -0.25) is 0 Å². The molecule has 1 fully saturated rings. The number of aromatic amines is 1. The fraction of sp³-hybridized carbons (Fsp3) is 0.562. The Morgan fingerprint density at radius 3 is 2.85 bits per heavy atom. The average molecular weight is 273 g/mol. The minimum Gasteiger partial charge on any atom is -0.490 e. The second-order valence-corrected chi connectivity index (χ2v) is 5.59. The van der Waals surface area contributed by atoms with Crippen molar-refractivity contribution in [3.63, 3.8) is 0 Å². The van der Waals surface area contributed by atoms with E-state index in [0.717, 1.165) is 66.9 Å².